The Morgan fingerprint density at radius 1 is 1.17 bits per heavy atom. The lowest BCUT2D eigenvalue weighted by Gasteiger charge is -2.29. The summed E-state index contributed by atoms with van der Waals surface area (Å²) >= 11 is 0. The highest BCUT2D eigenvalue weighted by atomic mass is 16.5. The maximum absolute atomic E-state index is 13.6. The van der Waals surface area contributed by atoms with Gasteiger partial charge in [-0.2, -0.15) is 5.10 Å². The number of ether oxygens (including phenoxy) is 3. The SMILES string of the molecule is CCCCOc1ccc([C@H]2c3c(-c4ccccc4O)n[nH]c3C(=O)N2C[C@H]2CCCO2)cc1OCC. The van der Waals surface area contributed by atoms with Gasteiger partial charge in [-0.3, -0.25) is 9.89 Å². The smallest absolute Gasteiger partial charge is 0.273 e. The molecule has 36 heavy (non-hydrogen) atoms. The van der Waals surface area contributed by atoms with E-state index in [0.29, 0.717) is 54.8 Å². The number of para-hydroxylation sites is 1. The van der Waals surface area contributed by atoms with E-state index in [9.17, 15) is 9.90 Å². The maximum Gasteiger partial charge on any atom is 0.273 e. The molecule has 2 atom stereocenters. The normalized spacial score (nSPS) is 19.1. The van der Waals surface area contributed by atoms with E-state index in [4.69, 9.17) is 14.2 Å². The largest absolute Gasteiger partial charge is 0.507 e. The molecule has 3 heterocycles. The Kier molecular flexibility index (Phi) is 7.13. The predicted octanol–water partition coefficient (Wildman–Crippen LogP) is 5.08. The predicted molar refractivity (Wildman–Crippen MR) is 136 cm³/mol. The number of carbonyl (C=O) groups excluding carboxylic acids is 1. The summed E-state index contributed by atoms with van der Waals surface area (Å²) < 4.78 is 17.8. The quantitative estimate of drug-likeness (QED) is 0.384. The highest BCUT2D eigenvalue weighted by molar-refractivity contribution is 6.00. The molecule has 1 saturated heterocycles. The summed E-state index contributed by atoms with van der Waals surface area (Å²) in [6, 6.07) is 12.5. The molecular formula is C28H33N3O5. The summed E-state index contributed by atoms with van der Waals surface area (Å²) in [4.78, 5) is 15.5. The summed E-state index contributed by atoms with van der Waals surface area (Å²) in [5.41, 5.74) is 3.23. The molecule has 3 aromatic rings. The van der Waals surface area contributed by atoms with Crippen molar-refractivity contribution in [1.82, 2.24) is 15.1 Å². The Morgan fingerprint density at radius 2 is 2.03 bits per heavy atom. The average molecular weight is 492 g/mol. The standard InChI is InChI=1S/C28H33N3O5/c1-3-5-14-36-22-13-12-18(16-23(22)34-4-2)27-24-25(20-10-6-7-11-21(20)32)29-30-26(24)28(33)31(27)17-19-9-8-15-35-19/h6-7,10-13,16,19,27,32H,3-5,8-9,14-15,17H2,1-2H3,(H,29,30)/t19-,27+/m1/s1. The molecule has 2 N–H and O–H groups in total. The van der Waals surface area contributed by atoms with Crippen LogP contribution in [0.3, 0.4) is 0 Å². The van der Waals surface area contributed by atoms with Crippen LogP contribution in [0.15, 0.2) is 42.5 Å². The zero-order chi connectivity index (χ0) is 25.1. The van der Waals surface area contributed by atoms with Gasteiger partial charge < -0.3 is 24.2 Å². The second kappa shape index (κ2) is 10.6. The lowest BCUT2D eigenvalue weighted by atomic mass is 9.95. The maximum atomic E-state index is 13.6. The minimum Gasteiger partial charge on any atom is -0.507 e. The summed E-state index contributed by atoms with van der Waals surface area (Å²) in [6.07, 6.45) is 3.91. The van der Waals surface area contributed by atoms with E-state index in [1.807, 2.05) is 42.2 Å². The first-order chi connectivity index (χ1) is 17.6. The third kappa shape index (κ3) is 4.53. The van der Waals surface area contributed by atoms with Crippen molar-refractivity contribution in [2.24, 2.45) is 0 Å². The van der Waals surface area contributed by atoms with Crippen molar-refractivity contribution in [2.45, 2.75) is 51.7 Å². The number of H-pyrrole nitrogens is 1. The molecule has 0 aliphatic carbocycles. The number of aromatic nitrogens is 2. The van der Waals surface area contributed by atoms with Crippen molar-refractivity contribution in [2.75, 3.05) is 26.4 Å². The second-order valence-corrected chi connectivity index (χ2v) is 9.21. The molecule has 0 saturated carbocycles. The minimum atomic E-state index is -0.408. The molecule has 0 bridgehead atoms. The van der Waals surface area contributed by atoms with Gasteiger partial charge in [-0.05, 0) is 56.0 Å². The number of fused-ring (bicyclic) bond motifs is 1. The van der Waals surface area contributed by atoms with E-state index in [1.54, 1.807) is 12.1 Å². The van der Waals surface area contributed by atoms with Crippen LogP contribution in [0, 0.1) is 0 Å². The zero-order valence-electron chi connectivity index (χ0n) is 20.8. The van der Waals surface area contributed by atoms with Crippen molar-refractivity contribution >= 4 is 5.91 Å². The van der Waals surface area contributed by atoms with E-state index in [0.717, 1.165) is 36.8 Å². The van der Waals surface area contributed by atoms with Crippen molar-refractivity contribution in [3.05, 3.63) is 59.3 Å². The number of unbranched alkanes of at least 4 members (excludes halogenated alkanes) is 1. The Balaban J connectivity index is 1.59. The number of benzene rings is 2. The van der Waals surface area contributed by atoms with Gasteiger partial charge in [0.15, 0.2) is 11.5 Å². The van der Waals surface area contributed by atoms with E-state index in [1.165, 1.54) is 0 Å². The average Bonchev–Trinajstić information content (AvgIpc) is 3.60. The van der Waals surface area contributed by atoms with E-state index < -0.39 is 6.04 Å². The summed E-state index contributed by atoms with van der Waals surface area (Å²) in [7, 11) is 0. The number of phenols is 1. The number of nitrogens with one attached hydrogen (secondary N) is 1. The van der Waals surface area contributed by atoms with Crippen LogP contribution in [0.4, 0.5) is 0 Å². The first-order valence-corrected chi connectivity index (χ1v) is 12.8. The molecule has 2 aromatic carbocycles. The van der Waals surface area contributed by atoms with Gasteiger partial charge >= 0.3 is 0 Å². The Bertz CT molecular complexity index is 1220. The molecule has 0 spiro atoms. The molecule has 1 aromatic heterocycles. The molecule has 0 radical (unpaired) electrons. The fourth-order valence-electron chi connectivity index (χ4n) is 5.03. The molecule has 8 nitrogen and oxygen atoms in total. The number of rotatable bonds is 10. The first-order valence-electron chi connectivity index (χ1n) is 12.8. The topological polar surface area (TPSA) is 96.9 Å². The molecule has 2 aliphatic heterocycles. The fraction of sp³-hybridized carbons (Fsp3) is 0.429. The Morgan fingerprint density at radius 3 is 2.78 bits per heavy atom. The lowest BCUT2D eigenvalue weighted by Crippen LogP contribution is -2.36. The van der Waals surface area contributed by atoms with Crippen molar-refractivity contribution in [1.29, 1.82) is 0 Å². The van der Waals surface area contributed by atoms with Crippen LogP contribution in [0.5, 0.6) is 17.2 Å². The molecule has 5 rings (SSSR count). The van der Waals surface area contributed by atoms with Crippen LogP contribution in [-0.2, 0) is 4.74 Å². The molecule has 0 unspecified atom stereocenters. The van der Waals surface area contributed by atoms with Crippen molar-refractivity contribution in [3.8, 4) is 28.5 Å². The van der Waals surface area contributed by atoms with Gasteiger partial charge in [-0.15, -0.1) is 0 Å². The van der Waals surface area contributed by atoms with Crippen LogP contribution < -0.4 is 9.47 Å². The molecule has 1 amide bonds. The van der Waals surface area contributed by atoms with E-state index in [-0.39, 0.29) is 17.8 Å². The number of amides is 1. The monoisotopic (exact) mass is 491 g/mol. The van der Waals surface area contributed by atoms with Crippen molar-refractivity contribution in [3.63, 3.8) is 0 Å². The van der Waals surface area contributed by atoms with E-state index in [2.05, 4.69) is 17.1 Å². The van der Waals surface area contributed by atoms with E-state index >= 15 is 0 Å². The number of hydrogen-bond donors (Lipinski definition) is 2. The Labute approximate surface area is 211 Å². The van der Waals surface area contributed by atoms with Crippen LogP contribution >= 0.6 is 0 Å². The van der Waals surface area contributed by atoms with Gasteiger partial charge in [0.25, 0.3) is 5.91 Å². The minimum absolute atomic E-state index is 0.00925. The molecule has 8 heteroatoms. The summed E-state index contributed by atoms with van der Waals surface area (Å²) in [5.74, 6) is 1.33. The van der Waals surface area contributed by atoms with Gasteiger partial charge in [0.1, 0.15) is 17.1 Å². The number of hydrogen-bond acceptors (Lipinski definition) is 6. The number of aromatic hydroxyl groups is 1. The molecular weight excluding hydrogens is 458 g/mol. The molecule has 2 aliphatic rings. The van der Waals surface area contributed by atoms with Gasteiger partial charge in [-0.25, -0.2) is 0 Å². The second-order valence-electron chi connectivity index (χ2n) is 9.21. The first kappa shape index (κ1) is 24.2. The third-order valence-electron chi connectivity index (χ3n) is 6.79. The Hall–Kier alpha value is -3.52. The molecule has 1 fully saturated rings. The van der Waals surface area contributed by atoms with Crippen LogP contribution in [-0.4, -0.2) is 58.6 Å². The number of phenolic OH excluding ortho intramolecular Hbond substituents is 1. The van der Waals surface area contributed by atoms with Crippen LogP contribution in [0.1, 0.15) is 67.2 Å². The van der Waals surface area contributed by atoms with Gasteiger partial charge in [0, 0.05) is 24.3 Å². The lowest BCUT2D eigenvalue weighted by molar-refractivity contribution is 0.0495. The fourth-order valence-corrected chi connectivity index (χ4v) is 5.03. The van der Waals surface area contributed by atoms with Gasteiger partial charge in [-0.1, -0.05) is 31.5 Å². The highest BCUT2D eigenvalue weighted by Crippen LogP contribution is 2.46. The summed E-state index contributed by atoms with van der Waals surface area (Å²) in [6.45, 7) is 6.37. The van der Waals surface area contributed by atoms with Crippen molar-refractivity contribution < 1.29 is 24.1 Å². The number of aromatic amines is 1. The number of carbonyl (C=O) groups is 1. The van der Waals surface area contributed by atoms with Crippen LogP contribution in [0.2, 0.25) is 0 Å². The highest BCUT2D eigenvalue weighted by Gasteiger charge is 2.44. The van der Waals surface area contributed by atoms with Gasteiger partial charge in [0.05, 0.1) is 25.4 Å². The zero-order valence-corrected chi connectivity index (χ0v) is 20.8. The summed E-state index contributed by atoms with van der Waals surface area (Å²) in [5, 5.41) is 18.0. The third-order valence-corrected chi connectivity index (χ3v) is 6.79. The molecule has 190 valence electrons. The van der Waals surface area contributed by atoms with Crippen LogP contribution in [0.25, 0.3) is 11.3 Å². The number of nitrogens with zero attached hydrogens (tertiary/aromatic N) is 2. The van der Waals surface area contributed by atoms with Gasteiger partial charge in [0.2, 0.25) is 0 Å².